The van der Waals surface area contributed by atoms with Crippen molar-refractivity contribution in [3.63, 3.8) is 0 Å². The summed E-state index contributed by atoms with van der Waals surface area (Å²) in [4.78, 5) is 14.3. The topological polar surface area (TPSA) is 66.9 Å². The Morgan fingerprint density at radius 3 is 2.48 bits per heavy atom. The first-order valence-electron chi connectivity index (χ1n) is 8.55. The van der Waals surface area contributed by atoms with Gasteiger partial charge in [0.1, 0.15) is 9.96 Å². The molecule has 1 saturated heterocycles. The van der Waals surface area contributed by atoms with Crippen LogP contribution in [0.4, 0.5) is 0 Å². The summed E-state index contributed by atoms with van der Waals surface area (Å²) in [6.45, 7) is 4.83. The summed E-state index contributed by atoms with van der Waals surface area (Å²) in [6.07, 6.45) is -0.633. The molecule has 0 N–H and O–H groups in total. The first-order chi connectivity index (χ1) is 12.8. The van der Waals surface area contributed by atoms with Gasteiger partial charge in [-0.3, -0.25) is 4.79 Å². The lowest BCUT2D eigenvalue weighted by atomic mass is 10.2. The van der Waals surface area contributed by atoms with Crippen LogP contribution in [0.15, 0.2) is 40.6 Å². The molecule has 2 aromatic rings. The van der Waals surface area contributed by atoms with Crippen LogP contribution in [-0.4, -0.2) is 55.8 Å². The van der Waals surface area contributed by atoms with Crippen LogP contribution in [0, 0.1) is 6.92 Å². The van der Waals surface area contributed by atoms with Gasteiger partial charge in [-0.2, -0.15) is 4.31 Å². The number of carbonyl (C=O) groups excluding carboxylic acids is 1. The van der Waals surface area contributed by atoms with Gasteiger partial charge in [0.05, 0.1) is 4.34 Å². The Hall–Kier alpha value is -1.61. The molecule has 6 nitrogen and oxygen atoms in total. The highest BCUT2D eigenvalue weighted by Crippen LogP contribution is 2.28. The third-order valence-electron chi connectivity index (χ3n) is 4.34. The molecule has 0 saturated carbocycles. The van der Waals surface area contributed by atoms with Crippen molar-refractivity contribution in [2.45, 2.75) is 24.2 Å². The Bertz CT molecular complexity index is 921. The highest BCUT2D eigenvalue weighted by molar-refractivity contribution is 7.91. The van der Waals surface area contributed by atoms with Crippen LogP contribution in [0.2, 0.25) is 4.34 Å². The second-order valence-electron chi connectivity index (χ2n) is 6.36. The Morgan fingerprint density at radius 2 is 1.89 bits per heavy atom. The highest BCUT2D eigenvalue weighted by atomic mass is 35.5. The molecule has 1 atom stereocenters. The highest BCUT2D eigenvalue weighted by Gasteiger charge is 2.32. The number of nitrogens with zero attached hydrogens (tertiary/aromatic N) is 2. The van der Waals surface area contributed by atoms with Crippen molar-refractivity contribution in [3.05, 3.63) is 46.3 Å². The fourth-order valence-electron chi connectivity index (χ4n) is 2.91. The average molecular weight is 429 g/mol. The van der Waals surface area contributed by atoms with Gasteiger partial charge >= 0.3 is 0 Å². The third-order valence-corrected chi connectivity index (χ3v) is 7.94. The minimum Gasteiger partial charge on any atom is -0.481 e. The SMILES string of the molecule is Cc1cccc(O[C@@H](C)C(=O)N2CCN(S(=O)(=O)c3ccc(Cl)s3)CC2)c1. The Kier molecular flexibility index (Phi) is 6.10. The van der Waals surface area contributed by atoms with E-state index in [1.165, 1.54) is 10.4 Å². The summed E-state index contributed by atoms with van der Waals surface area (Å²) in [5.41, 5.74) is 1.06. The van der Waals surface area contributed by atoms with E-state index in [4.69, 9.17) is 16.3 Å². The average Bonchev–Trinajstić information content (AvgIpc) is 3.08. The first kappa shape index (κ1) is 20.1. The maximum atomic E-state index is 12.6. The van der Waals surface area contributed by atoms with E-state index >= 15 is 0 Å². The van der Waals surface area contributed by atoms with Gasteiger partial charge in [0.2, 0.25) is 0 Å². The Morgan fingerprint density at radius 1 is 1.19 bits per heavy atom. The van der Waals surface area contributed by atoms with Crippen LogP contribution in [0.1, 0.15) is 12.5 Å². The van der Waals surface area contributed by atoms with E-state index in [1.54, 1.807) is 17.9 Å². The molecule has 1 aromatic carbocycles. The van der Waals surface area contributed by atoms with Crippen molar-refractivity contribution in [1.29, 1.82) is 0 Å². The van der Waals surface area contributed by atoms with Crippen molar-refractivity contribution in [1.82, 2.24) is 9.21 Å². The fourth-order valence-corrected chi connectivity index (χ4v) is 5.97. The molecular weight excluding hydrogens is 408 g/mol. The van der Waals surface area contributed by atoms with E-state index in [1.807, 2.05) is 31.2 Å². The maximum absolute atomic E-state index is 12.6. The summed E-state index contributed by atoms with van der Waals surface area (Å²) < 4.78 is 33.1. The number of aryl methyl sites for hydroxylation is 1. The van der Waals surface area contributed by atoms with Crippen LogP contribution in [0.5, 0.6) is 5.75 Å². The molecule has 146 valence electrons. The van der Waals surface area contributed by atoms with Crippen LogP contribution in [-0.2, 0) is 14.8 Å². The smallest absolute Gasteiger partial charge is 0.263 e. The van der Waals surface area contributed by atoms with Gasteiger partial charge in [0.25, 0.3) is 15.9 Å². The van der Waals surface area contributed by atoms with Crippen molar-refractivity contribution < 1.29 is 17.9 Å². The van der Waals surface area contributed by atoms with Gasteiger partial charge in [-0.05, 0) is 43.7 Å². The number of ether oxygens (including phenoxy) is 1. The zero-order chi connectivity index (χ0) is 19.6. The monoisotopic (exact) mass is 428 g/mol. The molecule has 1 fully saturated rings. The van der Waals surface area contributed by atoms with E-state index in [9.17, 15) is 13.2 Å². The number of halogens is 1. The molecule has 0 unspecified atom stereocenters. The van der Waals surface area contributed by atoms with Gasteiger partial charge in [-0.25, -0.2) is 8.42 Å². The Balaban J connectivity index is 1.59. The summed E-state index contributed by atoms with van der Waals surface area (Å²) in [5, 5.41) is 0. The molecule has 1 amide bonds. The second kappa shape index (κ2) is 8.18. The van der Waals surface area contributed by atoms with Crippen molar-refractivity contribution >= 4 is 38.9 Å². The largest absolute Gasteiger partial charge is 0.481 e. The molecule has 0 spiro atoms. The lowest BCUT2D eigenvalue weighted by Crippen LogP contribution is -2.53. The molecule has 9 heteroatoms. The number of benzene rings is 1. The molecule has 3 rings (SSSR count). The summed E-state index contributed by atoms with van der Waals surface area (Å²) in [6, 6.07) is 10.6. The summed E-state index contributed by atoms with van der Waals surface area (Å²) in [5.74, 6) is 0.499. The van der Waals surface area contributed by atoms with Crippen LogP contribution in [0.3, 0.4) is 0 Å². The molecule has 2 heterocycles. The number of hydrogen-bond acceptors (Lipinski definition) is 5. The second-order valence-corrected chi connectivity index (χ2v) is 10.2. The van der Waals surface area contributed by atoms with Gasteiger partial charge in [-0.15, -0.1) is 11.3 Å². The van der Waals surface area contributed by atoms with E-state index in [-0.39, 0.29) is 23.2 Å². The summed E-state index contributed by atoms with van der Waals surface area (Å²) in [7, 11) is -3.57. The number of thiophene rings is 1. The van der Waals surface area contributed by atoms with Crippen molar-refractivity contribution in [2.75, 3.05) is 26.2 Å². The summed E-state index contributed by atoms with van der Waals surface area (Å²) >= 11 is 6.89. The zero-order valence-electron chi connectivity index (χ0n) is 15.1. The Labute approximate surface area is 168 Å². The van der Waals surface area contributed by atoms with Gasteiger partial charge < -0.3 is 9.64 Å². The standard InChI is InChI=1S/C18H21ClN2O4S2/c1-13-4-3-5-15(12-13)25-14(2)18(22)20-8-10-21(11-9-20)27(23,24)17-7-6-16(19)26-17/h3-7,12,14H,8-11H2,1-2H3/t14-/m0/s1. The number of sulfonamides is 1. The number of amides is 1. The number of piperazine rings is 1. The lowest BCUT2D eigenvalue weighted by Gasteiger charge is -2.34. The predicted molar refractivity (Wildman–Crippen MR) is 106 cm³/mol. The molecule has 0 aliphatic carbocycles. The quantitative estimate of drug-likeness (QED) is 0.734. The molecular formula is C18H21ClN2O4S2. The van der Waals surface area contributed by atoms with Crippen LogP contribution >= 0.6 is 22.9 Å². The van der Waals surface area contributed by atoms with Gasteiger partial charge in [0.15, 0.2) is 6.10 Å². The lowest BCUT2D eigenvalue weighted by molar-refractivity contribution is -0.139. The first-order valence-corrected chi connectivity index (χ1v) is 11.2. The number of rotatable bonds is 5. The van der Waals surface area contributed by atoms with Crippen LogP contribution in [0.25, 0.3) is 0 Å². The van der Waals surface area contributed by atoms with Crippen molar-refractivity contribution in [2.24, 2.45) is 0 Å². The predicted octanol–water partition coefficient (Wildman–Crippen LogP) is 3.01. The third kappa shape index (κ3) is 4.63. The van der Waals surface area contributed by atoms with Gasteiger partial charge in [0, 0.05) is 26.2 Å². The number of hydrogen-bond donors (Lipinski definition) is 0. The van der Waals surface area contributed by atoms with E-state index in [2.05, 4.69) is 0 Å². The molecule has 0 bridgehead atoms. The van der Waals surface area contributed by atoms with Crippen LogP contribution < -0.4 is 4.74 Å². The normalized spacial score (nSPS) is 16.9. The number of carbonyl (C=O) groups is 1. The molecule has 27 heavy (non-hydrogen) atoms. The molecule has 1 aliphatic rings. The van der Waals surface area contributed by atoms with Crippen molar-refractivity contribution in [3.8, 4) is 5.75 Å². The van der Waals surface area contributed by atoms with Gasteiger partial charge in [-0.1, -0.05) is 23.7 Å². The molecule has 1 aliphatic heterocycles. The molecule has 0 radical (unpaired) electrons. The zero-order valence-corrected chi connectivity index (χ0v) is 17.5. The van der Waals surface area contributed by atoms with E-state index in [0.717, 1.165) is 16.9 Å². The molecule has 1 aromatic heterocycles. The maximum Gasteiger partial charge on any atom is 0.263 e. The van der Waals surface area contributed by atoms with E-state index < -0.39 is 16.1 Å². The fraction of sp³-hybridized carbons (Fsp3) is 0.389. The minimum atomic E-state index is -3.57. The minimum absolute atomic E-state index is 0.146. The van der Waals surface area contributed by atoms with E-state index in [0.29, 0.717) is 23.2 Å².